The van der Waals surface area contributed by atoms with Crippen molar-refractivity contribution in [1.29, 1.82) is 0 Å². The van der Waals surface area contributed by atoms with Gasteiger partial charge in [-0.05, 0) is 42.4 Å². The van der Waals surface area contributed by atoms with Gasteiger partial charge in [-0.25, -0.2) is 0 Å². The summed E-state index contributed by atoms with van der Waals surface area (Å²) in [5.74, 6) is 7.24. The van der Waals surface area contributed by atoms with Crippen LogP contribution >= 0.6 is 23.2 Å². The van der Waals surface area contributed by atoms with Crippen LogP contribution in [0.5, 0.6) is 0 Å². The molecule has 0 heterocycles. The van der Waals surface area contributed by atoms with Crippen LogP contribution in [-0.2, 0) is 0 Å². The normalized spacial score (nSPS) is 25.3. The van der Waals surface area contributed by atoms with E-state index in [0.29, 0.717) is 16.0 Å². The van der Waals surface area contributed by atoms with E-state index in [1.165, 1.54) is 32.1 Å². The van der Waals surface area contributed by atoms with Crippen LogP contribution in [0.4, 0.5) is 0 Å². The minimum absolute atomic E-state index is 0.174. The second-order valence-electron chi connectivity index (χ2n) is 5.51. The molecule has 2 nitrogen and oxygen atoms in total. The molecule has 1 atom stereocenters. The molecule has 1 fully saturated rings. The summed E-state index contributed by atoms with van der Waals surface area (Å²) >= 11 is 12.1. The third kappa shape index (κ3) is 3.63. The Morgan fingerprint density at radius 1 is 1.21 bits per heavy atom. The van der Waals surface area contributed by atoms with E-state index >= 15 is 0 Å². The zero-order valence-corrected chi connectivity index (χ0v) is 12.8. The molecule has 0 saturated heterocycles. The van der Waals surface area contributed by atoms with E-state index in [1.807, 2.05) is 18.2 Å². The van der Waals surface area contributed by atoms with Gasteiger partial charge >= 0.3 is 0 Å². The van der Waals surface area contributed by atoms with Crippen molar-refractivity contribution in [2.75, 3.05) is 0 Å². The molecule has 0 spiro atoms. The summed E-state index contributed by atoms with van der Waals surface area (Å²) in [5.41, 5.74) is 4.10. The third-order valence-corrected chi connectivity index (χ3v) is 5.16. The van der Waals surface area contributed by atoms with Gasteiger partial charge in [0.1, 0.15) is 0 Å². The summed E-state index contributed by atoms with van der Waals surface area (Å²) in [5, 5.41) is 1.19. The van der Waals surface area contributed by atoms with Crippen molar-refractivity contribution < 1.29 is 0 Å². The van der Waals surface area contributed by atoms with Crippen LogP contribution in [0, 0.1) is 11.8 Å². The molecule has 0 bridgehead atoms. The van der Waals surface area contributed by atoms with Crippen LogP contribution in [0.1, 0.15) is 50.6 Å². The van der Waals surface area contributed by atoms with Crippen molar-refractivity contribution in [2.45, 2.75) is 45.1 Å². The van der Waals surface area contributed by atoms with Crippen molar-refractivity contribution in [1.82, 2.24) is 5.43 Å². The molecule has 0 amide bonds. The average Bonchev–Trinajstić information content (AvgIpc) is 2.44. The second kappa shape index (κ2) is 6.94. The van der Waals surface area contributed by atoms with Gasteiger partial charge in [-0.2, -0.15) is 0 Å². The maximum atomic E-state index is 6.10. The standard InChI is InChI=1S/C15H22Cl2N2/c1-2-10-3-5-11(6-4-10)15(19-18)12-7-8-13(16)14(17)9-12/h7-11,15,19H,2-6,18H2,1H3. The molecule has 1 aliphatic rings. The minimum Gasteiger partial charge on any atom is -0.271 e. The number of rotatable bonds is 4. The Labute approximate surface area is 125 Å². The number of halogens is 2. The molecule has 19 heavy (non-hydrogen) atoms. The highest BCUT2D eigenvalue weighted by atomic mass is 35.5. The Morgan fingerprint density at radius 2 is 1.89 bits per heavy atom. The van der Waals surface area contributed by atoms with Gasteiger partial charge in [-0.15, -0.1) is 0 Å². The second-order valence-corrected chi connectivity index (χ2v) is 6.32. The SMILES string of the molecule is CCC1CCC(C(NN)c2ccc(Cl)c(Cl)c2)CC1. The lowest BCUT2D eigenvalue weighted by Gasteiger charge is -2.33. The summed E-state index contributed by atoms with van der Waals surface area (Å²) in [6, 6.07) is 5.97. The molecule has 1 aromatic carbocycles. The van der Waals surface area contributed by atoms with Crippen LogP contribution in [0.3, 0.4) is 0 Å². The van der Waals surface area contributed by atoms with E-state index in [-0.39, 0.29) is 6.04 Å². The van der Waals surface area contributed by atoms with Gasteiger partial charge in [0.05, 0.1) is 10.0 Å². The summed E-state index contributed by atoms with van der Waals surface area (Å²) in [6.07, 6.45) is 6.36. The van der Waals surface area contributed by atoms with Gasteiger partial charge in [0.15, 0.2) is 0 Å². The fourth-order valence-corrected chi connectivity index (χ4v) is 3.45. The Kier molecular flexibility index (Phi) is 5.52. The van der Waals surface area contributed by atoms with Crippen LogP contribution in [0.2, 0.25) is 10.0 Å². The minimum atomic E-state index is 0.174. The smallest absolute Gasteiger partial charge is 0.0595 e. The molecular formula is C15H22Cl2N2. The van der Waals surface area contributed by atoms with Crippen LogP contribution in [-0.4, -0.2) is 0 Å². The highest BCUT2D eigenvalue weighted by Crippen LogP contribution is 2.38. The third-order valence-electron chi connectivity index (χ3n) is 4.42. The molecule has 4 heteroatoms. The zero-order chi connectivity index (χ0) is 13.8. The molecule has 1 unspecified atom stereocenters. The van der Waals surface area contributed by atoms with Crippen molar-refractivity contribution in [3.05, 3.63) is 33.8 Å². The molecule has 1 aliphatic carbocycles. The Hall–Kier alpha value is -0.280. The number of benzene rings is 1. The van der Waals surface area contributed by atoms with Gasteiger partial charge in [-0.3, -0.25) is 11.3 Å². The number of hydrogen-bond donors (Lipinski definition) is 2. The van der Waals surface area contributed by atoms with E-state index in [0.717, 1.165) is 11.5 Å². The number of nitrogens with two attached hydrogens (primary N) is 1. The van der Waals surface area contributed by atoms with Crippen LogP contribution in [0.25, 0.3) is 0 Å². The van der Waals surface area contributed by atoms with E-state index in [9.17, 15) is 0 Å². The Bertz CT molecular complexity index is 415. The molecule has 0 aliphatic heterocycles. The molecule has 0 radical (unpaired) electrons. The lowest BCUT2D eigenvalue weighted by Crippen LogP contribution is -2.35. The quantitative estimate of drug-likeness (QED) is 0.624. The first kappa shape index (κ1) is 15.1. The van der Waals surface area contributed by atoms with E-state index in [2.05, 4.69) is 12.3 Å². The monoisotopic (exact) mass is 300 g/mol. The van der Waals surface area contributed by atoms with Gasteiger partial charge in [-0.1, -0.05) is 55.5 Å². The van der Waals surface area contributed by atoms with Gasteiger partial charge in [0, 0.05) is 6.04 Å². The summed E-state index contributed by atoms with van der Waals surface area (Å²) in [4.78, 5) is 0. The summed E-state index contributed by atoms with van der Waals surface area (Å²) < 4.78 is 0. The fourth-order valence-electron chi connectivity index (χ4n) is 3.14. The van der Waals surface area contributed by atoms with Crippen molar-refractivity contribution in [3.63, 3.8) is 0 Å². The average molecular weight is 301 g/mol. The number of nitrogens with one attached hydrogen (secondary N) is 1. The van der Waals surface area contributed by atoms with E-state index < -0.39 is 0 Å². The van der Waals surface area contributed by atoms with Crippen molar-refractivity contribution in [2.24, 2.45) is 17.7 Å². The Balaban J connectivity index is 2.09. The first-order chi connectivity index (χ1) is 9.15. The summed E-state index contributed by atoms with van der Waals surface area (Å²) in [6.45, 7) is 2.28. The highest BCUT2D eigenvalue weighted by Gasteiger charge is 2.27. The largest absolute Gasteiger partial charge is 0.271 e. The Morgan fingerprint density at radius 3 is 2.42 bits per heavy atom. The number of hydrazine groups is 1. The highest BCUT2D eigenvalue weighted by molar-refractivity contribution is 6.42. The van der Waals surface area contributed by atoms with Crippen LogP contribution < -0.4 is 11.3 Å². The fraction of sp³-hybridized carbons (Fsp3) is 0.600. The molecule has 0 aromatic heterocycles. The summed E-state index contributed by atoms with van der Waals surface area (Å²) in [7, 11) is 0. The molecule has 106 valence electrons. The lowest BCUT2D eigenvalue weighted by molar-refractivity contribution is 0.219. The van der Waals surface area contributed by atoms with Gasteiger partial charge in [0.25, 0.3) is 0 Å². The first-order valence-electron chi connectivity index (χ1n) is 7.06. The predicted molar refractivity (Wildman–Crippen MR) is 82.3 cm³/mol. The van der Waals surface area contributed by atoms with Crippen molar-refractivity contribution >= 4 is 23.2 Å². The molecule has 1 aromatic rings. The first-order valence-corrected chi connectivity index (χ1v) is 7.82. The lowest BCUT2D eigenvalue weighted by atomic mass is 9.76. The maximum Gasteiger partial charge on any atom is 0.0595 e. The van der Waals surface area contributed by atoms with E-state index in [1.54, 1.807) is 0 Å². The molecular weight excluding hydrogens is 279 g/mol. The van der Waals surface area contributed by atoms with Crippen LogP contribution in [0.15, 0.2) is 18.2 Å². The molecule has 1 saturated carbocycles. The number of hydrogen-bond acceptors (Lipinski definition) is 2. The van der Waals surface area contributed by atoms with E-state index in [4.69, 9.17) is 29.0 Å². The topological polar surface area (TPSA) is 38.0 Å². The van der Waals surface area contributed by atoms with Gasteiger partial charge < -0.3 is 0 Å². The van der Waals surface area contributed by atoms with Crippen molar-refractivity contribution in [3.8, 4) is 0 Å². The van der Waals surface area contributed by atoms with Gasteiger partial charge in [0.2, 0.25) is 0 Å². The molecule has 3 N–H and O–H groups in total. The zero-order valence-electron chi connectivity index (χ0n) is 11.3. The predicted octanol–water partition coefficient (Wildman–Crippen LogP) is 4.71. The maximum absolute atomic E-state index is 6.10. The molecule has 2 rings (SSSR count).